The van der Waals surface area contributed by atoms with Gasteiger partial charge < -0.3 is 14.8 Å². The van der Waals surface area contributed by atoms with Crippen LogP contribution in [0.25, 0.3) is 10.2 Å². The molecule has 0 fully saturated rings. The Labute approximate surface area is 187 Å². The quantitative estimate of drug-likeness (QED) is 0.427. The number of nitrogens with zero attached hydrogens (tertiary/aromatic N) is 2. The molecule has 4 aromatic rings. The molecule has 0 unspecified atom stereocenters. The molecular formula is C23H19N3O3S2. The fraction of sp³-hybridized carbons (Fsp3) is 0.174. The zero-order valence-corrected chi connectivity index (χ0v) is 18.6. The smallest absolute Gasteiger partial charge is 0.252 e. The van der Waals surface area contributed by atoms with Crippen molar-refractivity contribution >= 4 is 39.2 Å². The van der Waals surface area contributed by atoms with Gasteiger partial charge in [0.15, 0.2) is 11.5 Å². The maximum Gasteiger partial charge on any atom is 0.252 e. The Kier molecular flexibility index (Phi) is 5.25. The van der Waals surface area contributed by atoms with E-state index in [-0.39, 0.29) is 12.7 Å². The van der Waals surface area contributed by atoms with E-state index < -0.39 is 0 Å². The molecule has 0 radical (unpaired) electrons. The zero-order valence-electron chi connectivity index (χ0n) is 17.0. The second kappa shape index (κ2) is 8.20. The second-order valence-corrected chi connectivity index (χ2v) is 9.34. The van der Waals surface area contributed by atoms with E-state index in [1.165, 1.54) is 22.2 Å². The van der Waals surface area contributed by atoms with Gasteiger partial charge in [-0.15, -0.1) is 11.3 Å². The van der Waals surface area contributed by atoms with Gasteiger partial charge in [0.25, 0.3) is 5.91 Å². The molecule has 1 aliphatic rings. The standard InChI is InChI=1S/C23H19N3O3S2/c1-13-14(2)30-22-20(13)23(26-11-25-22)31-19-6-4-3-5-16(19)21(27)24-10-15-7-8-17-18(9-15)29-12-28-17/h3-9,11H,10,12H2,1-2H3,(H,24,27). The lowest BCUT2D eigenvalue weighted by atomic mass is 10.1. The van der Waals surface area contributed by atoms with Crippen LogP contribution in [0.15, 0.2) is 58.7 Å². The molecule has 0 saturated heterocycles. The van der Waals surface area contributed by atoms with Gasteiger partial charge in [-0.05, 0) is 49.2 Å². The van der Waals surface area contributed by atoms with Gasteiger partial charge in [-0.25, -0.2) is 9.97 Å². The van der Waals surface area contributed by atoms with E-state index in [0.717, 1.165) is 31.5 Å². The van der Waals surface area contributed by atoms with E-state index in [4.69, 9.17) is 9.47 Å². The number of rotatable bonds is 5. The maximum atomic E-state index is 13.0. The van der Waals surface area contributed by atoms with E-state index in [9.17, 15) is 4.79 Å². The summed E-state index contributed by atoms with van der Waals surface area (Å²) in [4.78, 5) is 25.0. The minimum Gasteiger partial charge on any atom is -0.454 e. The molecule has 0 saturated carbocycles. The molecule has 31 heavy (non-hydrogen) atoms. The average Bonchev–Trinajstić information content (AvgIpc) is 3.36. The molecule has 0 atom stereocenters. The highest BCUT2D eigenvalue weighted by atomic mass is 32.2. The molecule has 0 bridgehead atoms. The number of fused-ring (bicyclic) bond motifs is 2. The summed E-state index contributed by atoms with van der Waals surface area (Å²) in [6.07, 6.45) is 1.59. The first-order valence-electron chi connectivity index (χ1n) is 9.74. The van der Waals surface area contributed by atoms with Crippen LogP contribution in [0.3, 0.4) is 0 Å². The average molecular weight is 450 g/mol. The molecule has 1 amide bonds. The third kappa shape index (κ3) is 3.84. The molecule has 0 spiro atoms. The lowest BCUT2D eigenvalue weighted by molar-refractivity contribution is 0.0948. The number of aromatic nitrogens is 2. The Balaban J connectivity index is 1.38. The monoisotopic (exact) mass is 449 g/mol. The summed E-state index contributed by atoms with van der Waals surface area (Å²) in [7, 11) is 0. The molecule has 8 heteroatoms. The van der Waals surface area contributed by atoms with Gasteiger partial charge in [-0.1, -0.05) is 30.0 Å². The van der Waals surface area contributed by atoms with Crippen molar-refractivity contribution < 1.29 is 14.3 Å². The van der Waals surface area contributed by atoms with Crippen LogP contribution in [0.4, 0.5) is 0 Å². The number of carbonyl (C=O) groups is 1. The Morgan fingerprint density at radius 2 is 1.97 bits per heavy atom. The topological polar surface area (TPSA) is 73.3 Å². The first-order valence-corrected chi connectivity index (χ1v) is 11.4. The minimum absolute atomic E-state index is 0.135. The van der Waals surface area contributed by atoms with Crippen molar-refractivity contribution in [1.82, 2.24) is 15.3 Å². The molecule has 2 aromatic heterocycles. The molecule has 6 nitrogen and oxygen atoms in total. The number of aryl methyl sites for hydroxylation is 2. The second-order valence-electron chi connectivity index (χ2n) is 7.11. The summed E-state index contributed by atoms with van der Waals surface area (Å²) in [6.45, 7) is 4.81. The lowest BCUT2D eigenvalue weighted by Crippen LogP contribution is -2.23. The summed E-state index contributed by atoms with van der Waals surface area (Å²) in [5.74, 6) is 1.30. The Hall–Kier alpha value is -3.10. The summed E-state index contributed by atoms with van der Waals surface area (Å²) in [6, 6.07) is 13.3. The van der Waals surface area contributed by atoms with Crippen LogP contribution in [0, 0.1) is 13.8 Å². The summed E-state index contributed by atoms with van der Waals surface area (Å²) >= 11 is 3.16. The molecule has 1 aliphatic heterocycles. The Bertz CT molecular complexity index is 1300. The van der Waals surface area contributed by atoms with Crippen molar-refractivity contribution in [2.24, 2.45) is 0 Å². The molecule has 0 aliphatic carbocycles. The van der Waals surface area contributed by atoms with Gasteiger partial charge in [0.2, 0.25) is 6.79 Å². The van der Waals surface area contributed by atoms with Crippen molar-refractivity contribution in [3.8, 4) is 11.5 Å². The van der Waals surface area contributed by atoms with E-state index in [1.54, 1.807) is 17.7 Å². The predicted molar refractivity (Wildman–Crippen MR) is 121 cm³/mol. The van der Waals surface area contributed by atoms with Crippen molar-refractivity contribution in [1.29, 1.82) is 0 Å². The fourth-order valence-corrected chi connectivity index (χ4v) is 5.54. The lowest BCUT2D eigenvalue weighted by Gasteiger charge is -2.11. The van der Waals surface area contributed by atoms with Gasteiger partial charge in [0.1, 0.15) is 16.2 Å². The fourth-order valence-electron chi connectivity index (χ4n) is 3.40. The number of benzene rings is 2. The van der Waals surface area contributed by atoms with E-state index in [0.29, 0.717) is 17.9 Å². The SMILES string of the molecule is Cc1sc2ncnc(Sc3ccccc3C(=O)NCc3ccc4c(c3)OCO4)c2c1C. The number of ether oxygens (including phenoxy) is 2. The zero-order chi connectivity index (χ0) is 21.4. The van der Waals surface area contributed by atoms with E-state index in [1.807, 2.05) is 42.5 Å². The molecule has 5 rings (SSSR count). The van der Waals surface area contributed by atoms with Gasteiger partial charge in [0.05, 0.1) is 5.56 Å². The third-order valence-corrected chi connectivity index (χ3v) is 7.35. The van der Waals surface area contributed by atoms with Crippen LogP contribution < -0.4 is 14.8 Å². The van der Waals surface area contributed by atoms with Crippen molar-refractivity contribution in [2.75, 3.05) is 6.79 Å². The first kappa shape index (κ1) is 19.8. The molecule has 156 valence electrons. The van der Waals surface area contributed by atoms with Crippen molar-refractivity contribution in [3.63, 3.8) is 0 Å². The van der Waals surface area contributed by atoms with Crippen LogP contribution in [0.5, 0.6) is 11.5 Å². The van der Waals surface area contributed by atoms with Crippen LogP contribution >= 0.6 is 23.1 Å². The normalized spacial score (nSPS) is 12.3. The molecule has 3 heterocycles. The largest absolute Gasteiger partial charge is 0.454 e. The number of nitrogens with one attached hydrogen (secondary N) is 1. The van der Waals surface area contributed by atoms with Crippen molar-refractivity contribution in [3.05, 3.63) is 70.4 Å². The number of thiophene rings is 1. The highest BCUT2D eigenvalue weighted by Crippen LogP contribution is 2.38. The minimum atomic E-state index is -0.135. The summed E-state index contributed by atoms with van der Waals surface area (Å²) in [5.41, 5.74) is 2.75. The van der Waals surface area contributed by atoms with Crippen LogP contribution in [0.1, 0.15) is 26.4 Å². The van der Waals surface area contributed by atoms with Crippen LogP contribution in [0.2, 0.25) is 0 Å². The third-order valence-electron chi connectivity index (χ3n) is 5.16. The number of carbonyl (C=O) groups excluding carboxylic acids is 1. The van der Waals surface area contributed by atoms with Gasteiger partial charge in [0, 0.05) is 21.7 Å². The van der Waals surface area contributed by atoms with Crippen LogP contribution in [-0.4, -0.2) is 22.7 Å². The van der Waals surface area contributed by atoms with Gasteiger partial charge in [-0.2, -0.15) is 0 Å². The highest BCUT2D eigenvalue weighted by molar-refractivity contribution is 7.99. The Morgan fingerprint density at radius 1 is 1.13 bits per heavy atom. The predicted octanol–water partition coefficient (Wildman–Crippen LogP) is 5.12. The first-order chi connectivity index (χ1) is 15.1. The number of amides is 1. The summed E-state index contributed by atoms with van der Waals surface area (Å²) < 4.78 is 10.8. The van der Waals surface area contributed by atoms with E-state index in [2.05, 4.69) is 29.1 Å². The van der Waals surface area contributed by atoms with E-state index >= 15 is 0 Å². The molecular weight excluding hydrogens is 430 g/mol. The Morgan fingerprint density at radius 3 is 2.87 bits per heavy atom. The van der Waals surface area contributed by atoms with Crippen LogP contribution in [-0.2, 0) is 6.54 Å². The number of hydrogen-bond donors (Lipinski definition) is 1. The molecule has 1 N–H and O–H groups in total. The molecule has 2 aromatic carbocycles. The van der Waals surface area contributed by atoms with Crippen molar-refractivity contribution in [2.45, 2.75) is 30.3 Å². The number of hydrogen-bond acceptors (Lipinski definition) is 7. The summed E-state index contributed by atoms with van der Waals surface area (Å²) in [5, 5.41) is 4.93. The highest BCUT2D eigenvalue weighted by Gasteiger charge is 2.18. The van der Waals surface area contributed by atoms with Gasteiger partial charge >= 0.3 is 0 Å². The van der Waals surface area contributed by atoms with Gasteiger partial charge in [-0.3, -0.25) is 4.79 Å². The maximum absolute atomic E-state index is 13.0.